The van der Waals surface area contributed by atoms with Crippen LogP contribution in [0.25, 0.3) is 11.1 Å². The highest BCUT2D eigenvalue weighted by Gasteiger charge is 2.13. The topological polar surface area (TPSA) is 16.1 Å². The second-order valence-corrected chi connectivity index (χ2v) is 8.88. The van der Waals surface area contributed by atoms with Gasteiger partial charge in [-0.25, -0.2) is 0 Å². The van der Waals surface area contributed by atoms with Crippen LogP contribution in [0.5, 0.6) is 0 Å². The van der Waals surface area contributed by atoms with Gasteiger partial charge in [0, 0.05) is 29.0 Å². The van der Waals surface area contributed by atoms with Gasteiger partial charge in [-0.05, 0) is 91.9 Å². The fraction of sp³-hybridized carbons (Fsp3) is 0.258. The summed E-state index contributed by atoms with van der Waals surface area (Å²) in [6, 6.07) is 30.9. The van der Waals surface area contributed by atoms with Crippen molar-refractivity contribution in [1.29, 1.82) is 0 Å². The van der Waals surface area contributed by atoms with Gasteiger partial charge in [-0.2, -0.15) is 0 Å². The molecule has 1 heterocycles. The lowest BCUT2D eigenvalue weighted by molar-refractivity contribution is 0.667. The van der Waals surface area contributed by atoms with Crippen molar-refractivity contribution in [3.05, 3.63) is 108 Å². The van der Waals surface area contributed by atoms with E-state index < -0.39 is 0 Å². The van der Waals surface area contributed by atoms with Crippen LogP contribution in [-0.4, -0.2) is 4.98 Å². The van der Waals surface area contributed by atoms with Crippen molar-refractivity contribution >= 4 is 17.1 Å². The summed E-state index contributed by atoms with van der Waals surface area (Å²) in [6.45, 7) is 6.43. The third-order valence-corrected chi connectivity index (χ3v) is 6.16. The number of rotatable bonds is 9. The number of aryl methyl sites for hydroxylation is 3. The van der Waals surface area contributed by atoms with E-state index >= 15 is 0 Å². The number of nitrogens with zero attached hydrogens (tertiary/aromatic N) is 2. The van der Waals surface area contributed by atoms with Gasteiger partial charge < -0.3 is 4.90 Å². The van der Waals surface area contributed by atoms with Crippen molar-refractivity contribution in [2.45, 2.75) is 52.9 Å². The van der Waals surface area contributed by atoms with Crippen LogP contribution in [0.1, 0.15) is 49.4 Å². The molecule has 0 unspecified atom stereocenters. The quantitative estimate of drug-likeness (QED) is 0.244. The third-order valence-electron chi connectivity index (χ3n) is 6.16. The second kappa shape index (κ2) is 11.0. The number of unbranched alkanes of at least 4 members (excludes halogenated alkanes) is 3. The van der Waals surface area contributed by atoms with E-state index in [-0.39, 0.29) is 0 Å². The Hall–Kier alpha value is -3.39. The van der Waals surface area contributed by atoms with Crippen LogP contribution in [-0.2, 0) is 6.42 Å². The maximum atomic E-state index is 4.32. The number of hydrogen-bond acceptors (Lipinski definition) is 2. The summed E-state index contributed by atoms with van der Waals surface area (Å²) in [6.07, 6.45) is 8.23. The lowest BCUT2D eigenvalue weighted by atomic mass is 10.0. The average Bonchev–Trinajstić information content (AvgIpc) is 2.84. The first-order chi connectivity index (χ1) is 16.1. The predicted molar refractivity (Wildman–Crippen MR) is 142 cm³/mol. The van der Waals surface area contributed by atoms with Gasteiger partial charge in [0.2, 0.25) is 0 Å². The summed E-state index contributed by atoms with van der Waals surface area (Å²) in [5, 5.41) is 0. The van der Waals surface area contributed by atoms with E-state index in [0.717, 1.165) is 17.8 Å². The molecule has 4 rings (SSSR count). The molecule has 4 aromatic rings. The van der Waals surface area contributed by atoms with Crippen LogP contribution in [0.2, 0.25) is 0 Å². The normalized spacial score (nSPS) is 10.9. The molecule has 0 amide bonds. The van der Waals surface area contributed by atoms with Gasteiger partial charge in [0.25, 0.3) is 0 Å². The number of aromatic nitrogens is 1. The van der Waals surface area contributed by atoms with Gasteiger partial charge in [-0.3, -0.25) is 4.98 Å². The Morgan fingerprint density at radius 3 is 1.85 bits per heavy atom. The van der Waals surface area contributed by atoms with E-state index in [9.17, 15) is 0 Å². The molecular formula is C31H34N2. The molecule has 0 fully saturated rings. The summed E-state index contributed by atoms with van der Waals surface area (Å²) in [5.74, 6) is 0. The highest BCUT2D eigenvalue weighted by Crippen LogP contribution is 2.36. The molecule has 3 aromatic carbocycles. The molecule has 2 nitrogen and oxygen atoms in total. The fourth-order valence-electron chi connectivity index (χ4n) is 4.24. The zero-order valence-electron chi connectivity index (χ0n) is 20.1. The molecule has 168 valence electrons. The minimum absolute atomic E-state index is 1.03. The zero-order valence-corrected chi connectivity index (χ0v) is 20.1. The molecule has 0 bridgehead atoms. The van der Waals surface area contributed by atoms with Crippen LogP contribution in [0.3, 0.4) is 0 Å². The van der Waals surface area contributed by atoms with E-state index in [1.165, 1.54) is 59.3 Å². The minimum Gasteiger partial charge on any atom is -0.311 e. The summed E-state index contributed by atoms with van der Waals surface area (Å²) < 4.78 is 0. The van der Waals surface area contributed by atoms with Crippen molar-refractivity contribution in [3.63, 3.8) is 0 Å². The summed E-state index contributed by atoms with van der Waals surface area (Å²) in [7, 11) is 0. The summed E-state index contributed by atoms with van der Waals surface area (Å²) in [5.41, 5.74) is 9.63. The number of benzene rings is 3. The van der Waals surface area contributed by atoms with Gasteiger partial charge in [0.05, 0.1) is 0 Å². The summed E-state index contributed by atoms with van der Waals surface area (Å²) in [4.78, 5) is 6.66. The maximum absolute atomic E-state index is 4.32. The molecule has 0 spiro atoms. The number of anilines is 3. The van der Waals surface area contributed by atoms with Crippen LogP contribution in [0.4, 0.5) is 17.1 Å². The average molecular weight is 435 g/mol. The van der Waals surface area contributed by atoms with Gasteiger partial charge in [0.15, 0.2) is 0 Å². The van der Waals surface area contributed by atoms with E-state index in [1.54, 1.807) is 0 Å². The standard InChI is InChI=1S/C31H34N2/c1-4-5-6-7-8-26-11-17-30(18-12-26)33(29-15-9-24(2)10-16-29)31-19-13-27(14-20-31)28-21-22-32-25(3)23-28/h9-23H,4-8H2,1-3H3. The Bertz CT molecular complexity index is 1140. The second-order valence-electron chi connectivity index (χ2n) is 8.88. The van der Waals surface area contributed by atoms with E-state index in [0.29, 0.717) is 0 Å². The third kappa shape index (κ3) is 5.90. The van der Waals surface area contributed by atoms with Crippen molar-refractivity contribution in [1.82, 2.24) is 4.98 Å². The summed E-state index contributed by atoms with van der Waals surface area (Å²) >= 11 is 0. The Balaban J connectivity index is 1.62. The Morgan fingerprint density at radius 2 is 1.24 bits per heavy atom. The largest absolute Gasteiger partial charge is 0.311 e. The Kier molecular flexibility index (Phi) is 7.57. The maximum Gasteiger partial charge on any atom is 0.0462 e. The molecule has 1 aromatic heterocycles. The molecule has 0 aliphatic heterocycles. The van der Waals surface area contributed by atoms with E-state index in [4.69, 9.17) is 0 Å². The van der Waals surface area contributed by atoms with Crippen LogP contribution in [0, 0.1) is 13.8 Å². The lowest BCUT2D eigenvalue weighted by Crippen LogP contribution is -2.10. The van der Waals surface area contributed by atoms with E-state index in [1.807, 2.05) is 13.1 Å². The smallest absolute Gasteiger partial charge is 0.0462 e. The van der Waals surface area contributed by atoms with Crippen molar-refractivity contribution in [2.24, 2.45) is 0 Å². The molecule has 0 saturated heterocycles. The van der Waals surface area contributed by atoms with Crippen molar-refractivity contribution in [2.75, 3.05) is 4.90 Å². The Labute approximate surface area is 199 Å². The van der Waals surface area contributed by atoms with Gasteiger partial charge >= 0.3 is 0 Å². The molecular weight excluding hydrogens is 400 g/mol. The van der Waals surface area contributed by atoms with Crippen LogP contribution < -0.4 is 4.90 Å². The highest BCUT2D eigenvalue weighted by molar-refractivity contribution is 5.78. The lowest BCUT2D eigenvalue weighted by Gasteiger charge is -2.26. The molecule has 0 aliphatic rings. The Morgan fingerprint density at radius 1 is 0.636 bits per heavy atom. The first-order valence-corrected chi connectivity index (χ1v) is 12.1. The molecule has 0 atom stereocenters. The monoisotopic (exact) mass is 434 g/mol. The van der Waals surface area contributed by atoms with Gasteiger partial charge in [0.1, 0.15) is 0 Å². The zero-order chi connectivity index (χ0) is 23.0. The van der Waals surface area contributed by atoms with Gasteiger partial charge in [-0.15, -0.1) is 0 Å². The SMILES string of the molecule is CCCCCCc1ccc(N(c2ccc(C)cc2)c2ccc(-c3ccnc(C)c3)cc2)cc1. The van der Waals surface area contributed by atoms with Gasteiger partial charge in [-0.1, -0.05) is 68.1 Å². The van der Waals surface area contributed by atoms with Crippen molar-refractivity contribution in [3.8, 4) is 11.1 Å². The van der Waals surface area contributed by atoms with E-state index in [2.05, 4.69) is 109 Å². The van der Waals surface area contributed by atoms with Crippen molar-refractivity contribution < 1.29 is 0 Å². The van der Waals surface area contributed by atoms with Crippen LogP contribution >= 0.6 is 0 Å². The predicted octanol–water partition coefficient (Wildman–Crippen LogP) is 8.96. The molecule has 0 aliphatic carbocycles. The minimum atomic E-state index is 1.03. The molecule has 0 N–H and O–H groups in total. The molecule has 0 saturated carbocycles. The number of hydrogen-bond donors (Lipinski definition) is 0. The fourth-order valence-corrected chi connectivity index (χ4v) is 4.24. The highest BCUT2D eigenvalue weighted by atomic mass is 15.1. The first-order valence-electron chi connectivity index (χ1n) is 12.1. The molecule has 2 heteroatoms. The van der Waals surface area contributed by atoms with Crippen LogP contribution in [0.15, 0.2) is 91.1 Å². The first kappa shape index (κ1) is 22.8. The molecule has 0 radical (unpaired) electrons. The number of pyridine rings is 1. The molecule has 33 heavy (non-hydrogen) atoms.